The van der Waals surface area contributed by atoms with Gasteiger partial charge in [-0.25, -0.2) is 4.79 Å². The van der Waals surface area contributed by atoms with E-state index in [1.54, 1.807) is 11.9 Å². The van der Waals surface area contributed by atoms with Gasteiger partial charge in [-0.1, -0.05) is 67.6 Å². The van der Waals surface area contributed by atoms with E-state index in [0.29, 0.717) is 0 Å². The lowest BCUT2D eigenvalue weighted by molar-refractivity contribution is -0.133. The van der Waals surface area contributed by atoms with Gasteiger partial charge < -0.3 is 4.90 Å². The average Bonchev–Trinajstić information content (AvgIpc) is 2.92. The normalized spacial score (nSPS) is 20.8. The lowest BCUT2D eigenvalue weighted by atomic mass is 9.96. The number of urea groups is 1. The molecule has 0 aromatic heterocycles. The number of rotatable bonds is 6. The summed E-state index contributed by atoms with van der Waals surface area (Å²) < 4.78 is 0. The standard InChI is InChI=1S/C23H28N2O2/c1-17(11-10-14-19-12-6-4-7-13-19)22(26)25-21(18(2)24(3)23(25)27)20-15-8-5-9-16-20/h4-9,12-13,15-18,21H,10-11,14H2,1-3H3/t17-,18-,21-/m1/s1. The van der Waals surface area contributed by atoms with Crippen LogP contribution in [0.4, 0.5) is 4.79 Å². The SMILES string of the molecule is C[C@H](CCCc1ccccc1)C(=O)N1C(=O)N(C)[C@H](C)[C@@H]1c1ccccc1. The Hall–Kier alpha value is -2.62. The van der Waals surface area contributed by atoms with Crippen LogP contribution in [0.3, 0.4) is 0 Å². The summed E-state index contributed by atoms with van der Waals surface area (Å²) in [5.74, 6) is -0.249. The molecule has 2 aromatic carbocycles. The zero-order valence-corrected chi connectivity index (χ0v) is 16.3. The van der Waals surface area contributed by atoms with E-state index in [0.717, 1.165) is 24.8 Å². The second-order valence-corrected chi connectivity index (χ2v) is 7.48. The first-order valence-corrected chi connectivity index (χ1v) is 9.69. The molecule has 3 rings (SSSR count). The van der Waals surface area contributed by atoms with Crippen LogP contribution < -0.4 is 0 Å². The molecule has 0 N–H and O–H groups in total. The number of hydrogen-bond acceptors (Lipinski definition) is 2. The fourth-order valence-electron chi connectivity index (χ4n) is 3.82. The van der Waals surface area contributed by atoms with E-state index >= 15 is 0 Å². The van der Waals surface area contributed by atoms with Crippen molar-refractivity contribution in [3.63, 3.8) is 0 Å². The summed E-state index contributed by atoms with van der Waals surface area (Å²) in [7, 11) is 1.77. The van der Waals surface area contributed by atoms with Crippen molar-refractivity contribution in [3.8, 4) is 0 Å². The van der Waals surface area contributed by atoms with Crippen molar-refractivity contribution >= 4 is 11.9 Å². The number of imide groups is 1. The first kappa shape index (κ1) is 19.2. The van der Waals surface area contributed by atoms with Crippen LogP contribution in [0.2, 0.25) is 0 Å². The van der Waals surface area contributed by atoms with Crippen LogP contribution in [0.1, 0.15) is 43.9 Å². The van der Waals surface area contributed by atoms with Crippen LogP contribution >= 0.6 is 0 Å². The summed E-state index contributed by atoms with van der Waals surface area (Å²) in [6.07, 6.45) is 2.66. The first-order valence-electron chi connectivity index (χ1n) is 9.69. The topological polar surface area (TPSA) is 40.6 Å². The highest BCUT2D eigenvalue weighted by Crippen LogP contribution is 2.35. The minimum atomic E-state index is -0.229. The maximum absolute atomic E-state index is 13.2. The second-order valence-electron chi connectivity index (χ2n) is 7.48. The van der Waals surface area contributed by atoms with Crippen LogP contribution in [0.15, 0.2) is 60.7 Å². The van der Waals surface area contributed by atoms with Crippen molar-refractivity contribution in [2.24, 2.45) is 5.92 Å². The quantitative estimate of drug-likeness (QED) is 0.747. The maximum Gasteiger partial charge on any atom is 0.327 e. The average molecular weight is 364 g/mol. The smallest absolute Gasteiger partial charge is 0.322 e. The second kappa shape index (κ2) is 8.38. The number of hydrogen-bond donors (Lipinski definition) is 0. The van der Waals surface area contributed by atoms with Gasteiger partial charge in [0.05, 0.1) is 12.1 Å². The Bertz CT molecular complexity index is 775. The van der Waals surface area contributed by atoms with E-state index in [2.05, 4.69) is 12.1 Å². The third-order valence-electron chi connectivity index (χ3n) is 5.60. The lowest BCUT2D eigenvalue weighted by Gasteiger charge is -2.26. The highest BCUT2D eigenvalue weighted by Gasteiger charge is 2.46. The number of nitrogens with zero attached hydrogens (tertiary/aromatic N) is 2. The van der Waals surface area contributed by atoms with Gasteiger partial charge in [0.1, 0.15) is 0 Å². The molecule has 0 aliphatic carbocycles. The molecule has 1 aliphatic rings. The molecule has 0 saturated carbocycles. The molecule has 4 nitrogen and oxygen atoms in total. The minimum Gasteiger partial charge on any atom is -0.322 e. The van der Waals surface area contributed by atoms with Crippen molar-refractivity contribution in [1.82, 2.24) is 9.80 Å². The highest BCUT2D eigenvalue weighted by molar-refractivity contribution is 5.97. The van der Waals surface area contributed by atoms with Crippen molar-refractivity contribution < 1.29 is 9.59 Å². The van der Waals surface area contributed by atoms with Gasteiger partial charge in [-0.05, 0) is 37.3 Å². The Kier molecular flexibility index (Phi) is 5.94. The summed E-state index contributed by atoms with van der Waals surface area (Å²) in [5.41, 5.74) is 2.29. The van der Waals surface area contributed by atoms with Crippen molar-refractivity contribution in [3.05, 3.63) is 71.8 Å². The number of carbonyl (C=O) groups excluding carboxylic acids is 2. The molecule has 2 aromatic rings. The Balaban J connectivity index is 1.70. The number of aryl methyl sites for hydroxylation is 1. The van der Waals surface area contributed by atoms with Gasteiger partial charge in [0, 0.05) is 13.0 Å². The van der Waals surface area contributed by atoms with E-state index in [9.17, 15) is 9.59 Å². The van der Waals surface area contributed by atoms with E-state index < -0.39 is 0 Å². The molecule has 0 radical (unpaired) electrons. The molecule has 1 saturated heterocycles. The van der Waals surface area contributed by atoms with Gasteiger partial charge >= 0.3 is 6.03 Å². The third-order valence-corrected chi connectivity index (χ3v) is 5.60. The molecule has 0 unspecified atom stereocenters. The highest BCUT2D eigenvalue weighted by atomic mass is 16.2. The zero-order chi connectivity index (χ0) is 19.4. The van der Waals surface area contributed by atoms with Crippen LogP contribution in [-0.2, 0) is 11.2 Å². The van der Waals surface area contributed by atoms with Crippen LogP contribution in [0.25, 0.3) is 0 Å². The Morgan fingerprint density at radius 1 is 1.04 bits per heavy atom. The predicted molar refractivity (Wildman–Crippen MR) is 107 cm³/mol. The van der Waals surface area contributed by atoms with Gasteiger partial charge in [0.2, 0.25) is 5.91 Å². The van der Waals surface area contributed by atoms with Gasteiger partial charge in [0.15, 0.2) is 0 Å². The maximum atomic E-state index is 13.2. The summed E-state index contributed by atoms with van der Waals surface area (Å²) in [4.78, 5) is 29.1. The van der Waals surface area contributed by atoms with Crippen molar-refractivity contribution in [2.45, 2.75) is 45.2 Å². The van der Waals surface area contributed by atoms with E-state index in [-0.39, 0.29) is 29.9 Å². The van der Waals surface area contributed by atoms with Gasteiger partial charge in [-0.3, -0.25) is 9.69 Å². The molecule has 0 bridgehead atoms. The number of benzene rings is 2. The Labute approximate surface area is 161 Å². The van der Waals surface area contributed by atoms with Crippen molar-refractivity contribution in [2.75, 3.05) is 7.05 Å². The Morgan fingerprint density at radius 3 is 2.26 bits per heavy atom. The molecule has 0 spiro atoms. The van der Waals surface area contributed by atoms with Gasteiger partial charge in [-0.15, -0.1) is 0 Å². The summed E-state index contributed by atoms with van der Waals surface area (Å²) in [6.45, 7) is 3.94. The van der Waals surface area contributed by atoms with Crippen molar-refractivity contribution in [1.29, 1.82) is 0 Å². The summed E-state index contributed by atoms with van der Waals surface area (Å²) in [5, 5.41) is 0. The fraction of sp³-hybridized carbons (Fsp3) is 0.391. The minimum absolute atomic E-state index is 0.0413. The molecule has 3 amide bonds. The van der Waals surface area contributed by atoms with Crippen LogP contribution in [0, 0.1) is 5.92 Å². The van der Waals surface area contributed by atoms with E-state index in [4.69, 9.17) is 0 Å². The zero-order valence-electron chi connectivity index (χ0n) is 16.3. The van der Waals surface area contributed by atoms with Gasteiger partial charge in [-0.2, -0.15) is 0 Å². The first-order chi connectivity index (χ1) is 13.0. The van der Waals surface area contributed by atoms with Crippen LogP contribution in [0.5, 0.6) is 0 Å². The fourth-order valence-corrected chi connectivity index (χ4v) is 3.82. The number of likely N-dealkylation sites (N-methyl/N-ethyl adjacent to an activating group) is 1. The third kappa shape index (κ3) is 4.05. The largest absolute Gasteiger partial charge is 0.327 e. The summed E-state index contributed by atoms with van der Waals surface area (Å²) in [6, 6.07) is 19.7. The lowest BCUT2D eigenvalue weighted by Crippen LogP contribution is -2.39. The molecule has 27 heavy (non-hydrogen) atoms. The molecule has 3 atom stereocenters. The monoisotopic (exact) mass is 364 g/mol. The molecule has 1 fully saturated rings. The number of carbonyl (C=O) groups is 2. The van der Waals surface area contributed by atoms with E-state index in [1.807, 2.05) is 62.4 Å². The Morgan fingerprint density at radius 2 is 1.63 bits per heavy atom. The molecule has 4 heteroatoms. The molecule has 1 aliphatic heterocycles. The number of amides is 3. The predicted octanol–water partition coefficient (Wildman–Crippen LogP) is 4.67. The van der Waals surface area contributed by atoms with Gasteiger partial charge in [0.25, 0.3) is 0 Å². The molecular weight excluding hydrogens is 336 g/mol. The molecule has 142 valence electrons. The summed E-state index contributed by atoms with van der Waals surface area (Å²) >= 11 is 0. The van der Waals surface area contributed by atoms with Crippen LogP contribution in [-0.4, -0.2) is 34.8 Å². The van der Waals surface area contributed by atoms with E-state index in [1.165, 1.54) is 10.5 Å². The molecular formula is C23H28N2O2. The molecule has 1 heterocycles.